The number of nitrogens with one attached hydrogen (secondary N) is 1. The van der Waals surface area contributed by atoms with Crippen LogP contribution in [-0.2, 0) is 13.2 Å². The summed E-state index contributed by atoms with van der Waals surface area (Å²) in [6.07, 6.45) is 0. The van der Waals surface area contributed by atoms with Gasteiger partial charge in [0.05, 0.1) is 12.1 Å². The van der Waals surface area contributed by atoms with Gasteiger partial charge in [-0.05, 0) is 42.7 Å². The lowest BCUT2D eigenvalue weighted by Gasteiger charge is -2.17. The largest absolute Gasteiger partial charge is 0.493 e. The topological polar surface area (TPSA) is 30.5 Å². The minimum Gasteiger partial charge on any atom is -0.493 e. The predicted molar refractivity (Wildman–Crippen MR) is 115 cm³/mol. The number of hydrogen-bond acceptors (Lipinski definition) is 3. The van der Waals surface area contributed by atoms with Crippen LogP contribution >= 0.6 is 11.6 Å². The van der Waals surface area contributed by atoms with E-state index < -0.39 is 0 Å². The summed E-state index contributed by atoms with van der Waals surface area (Å²) in [6.45, 7) is 5.34. The Morgan fingerprint density at radius 3 is 2.46 bits per heavy atom. The van der Waals surface area contributed by atoms with E-state index in [0.717, 1.165) is 11.1 Å². The Bertz CT molecular complexity index is 912. The Kier molecular flexibility index (Phi) is 6.96. The van der Waals surface area contributed by atoms with Crippen LogP contribution in [-0.4, -0.2) is 7.11 Å². The highest BCUT2D eigenvalue weighted by Gasteiger charge is 2.13. The first-order chi connectivity index (χ1) is 13.6. The molecule has 3 nitrogen and oxygen atoms in total. The van der Waals surface area contributed by atoms with E-state index in [1.807, 2.05) is 42.5 Å². The lowest BCUT2D eigenvalue weighted by Crippen LogP contribution is -2.18. The number of rotatable bonds is 8. The van der Waals surface area contributed by atoms with E-state index in [1.165, 1.54) is 11.1 Å². The Morgan fingerprint density at radius 1 is 0.964 bits per heavy atom. The van der Waals surface area contributed by atoms with Gasteiger partial charge in [-0.3, -0.25) is 0 Å². The highest BCUT2D eigenvalue weighted by atomic mass is 35.5. The van der Waals surface area contributed by atoms with Crippen LogP contribution in [0.15, 0.2) is 66.7 Å². The first-order valence-corrected chi connectivity index (χ1v) is 9.77. The Balaban J connectivity index is 1.68. The number of benzene rings is 3. The van der Waals surface area contributed by atoms with Crippen molar-refractivity contribution in [3.8, 4) is 11.5 Å². The van der Waals surface area contributed by atoms with E-state index in [2.05, 4.69) is 43.4 Å². The molecular formula is C24H26ClNO2. The van der Waals surface area contributed by atoms with Gasteiger partial charge in [-0.1, -0.05) is 71.8 Å². The summed E-state index contributed by atoms with van der Waals surface area (Å²) in [5, 5.41) is 4.07. The Labute approximate surface area is 172 Å². The van der Waals surface area contributed by atoms with Crippen LogP contribution in [0.2, 0.25) is 5.02 Å². The van der Waals surface area contributed by atoms with E-state index in [0.29, 0.717) is 29.7 Å². The first kappa shape index (κ1) is 20.2. The smallest absolute Gasteiger partial charge is 0.180 e. The Morgan fingerprint density at radius 2 is 1.75 bits per heavy atom. The van der Waals surface area contributed by atoms with Crippen molar-refractivity contribution >= 4 is 11.6 Å². The maximum Gasteiger partial charge on any atom is 0.180 e. The average molecular weight is 396 g/mol. The van der Waals surface area contributed by atoms with Crippen LogP contribution in [0.5, 0.6) is 11.5 Å². The zero-order valence-electron chi connectivity index (χ0n) is 16.5. The number of halogens is 1. The molecule has 1 N–H and O–H groups in total. The number of ether oxygens (including phenoxy) is 2. The minimum absolute atomic E-state index is 0.239. The third-order valence-corrected chi connectivity index (χ3v) is 4.95. The van der Waals surface area contributed by atoms with E-state index in [9.17, 15) is 0 Å². The molecule has 0 aliphatic carbocycles. The van der Waals surface area contributed by atoms with Crippen molar-refractivity contribution in [3.05, 3.63) is 94.0 Å². The molecule has 0 unspecified atom stereocenters. The molecule has 0 spiro atoms. The molecule has 0 bridgehead atoms. The van der Waals surface area contributed by atoms with Crippen molar-refractivity contribution in [2.24, 2.45) is 0 Å². The van der Waals surface area contributed by atoms with E-state index in [1.54, 1.807) is 7.11 Å². The molecule has 28 heavy (non-hydrogen) atoms. The second-order valence-corrected chi connectivity index (χ2v) is 7.31. The van der Waals surface area contributed by atoms with Crippen molar-refractivity contribution in [3.63, 3.8) is 0 Å². The third-order valence-electron chi connectivity index (χ3n) is 4.67. The summed E-state index contributed by atoms with van der Waals surface area (Å²) in [6, 6.07) is 22.7. The van der Waals surface area contributed by atoms with Crippen LogP contribution in [0.1, 0.15) is 35.2 Å². The maximum atomic E-state index is 6.51. The van der Waals surface area contributed by atoms with Gasteiger partial charge in [0.1, 0.15) is 6.61 Å². The molecule has 3 aromatic rings. The molecule has 0 saturated carbocycles. The Hall–Kier alpha value is -2.49. The summed E-state index contributed by atoms with van der Waals surface area (Å²) in [7, 11) is 1.63. The summed E-state index contributed by atoms with van der Waals surface area (Å²) in [5.41, 5.74) is 4.60. The summed E-state index contributed by atoms with van der Waals surface area (Å²) >= 11 is 6.51. The van der Waals surface area contributed by atoms with E-state index in [-0.39, 0.29) is 6.04 Å². The second kappa shape index (κ2) is 9.63. The lowest BCUT2D eigenvalue weighted by atomic mass is 10.1. The SMILES string of the molecule is COc1cc(CN[C@@H](C)c2ccccc2)cc(Cl)c1OCc1cccc(C)c1. The molecule has 3 aromatic carbocycles. The number of methoxy groups -OCH3 is 1. The van der Waals surface area contributed by atoms with Gasteiger partial charge in [0.15, 0.2) is 11.5 Å². The monoisotopic (exact) mass is 395 g/mol. The van der Waals surface area contributed by atoms with Gasteiger partial charge in [0.2, 0.25) is 0 Å². The molecule has 1 atom stereocenters. The maximum absolute atomic E-state index is 6.51. The lowest BCUT2D eigenvalue weighted by molar-refractivity contribution is 0.284. The molecule has 0 fully saturated rings. The zero-order valence-corrected chi connectivity index (χ0v) is 17.3. The molecule has 3 rings (SSSR count). The van der Waals surface area contributed by atoms with Gasteiger partial charge in [0, 0.05) is 12.6 Å². The summed E-state index contributed by atoms with van der Waals surface area (Å²) < 4.78 is 11.5. The average Bonchev–Trinajstić information content (AvgIpc) is 2.71. The molecule has 0 saturated heterocycles. The first-order valence-electron chi connectivity index (χ1n) is 9.40. The fourth-order valence-corrected chi connectivity index (χ4v) is 3.39. The van der Waals surface area contributed by atoms with Gasteiger partial charge in [0.25, 0.3) is 0 Å². The molecular weight excluding hydrogens is 370 g/mol. The number of hydrogen-bond donors (Lipinski definition) is 1. The summed E-state index contributed by atoms with van der Waals surface area (Å²) in [5.74, 6) is 1.22. The summed E-state index contributed by atoms with van der Waals surface area (Å²) in [4.78, 5) is 0. The molecule has 0 aromatic heterocycles. The standard InChI is InChI=1S/C24H26ClNO2/c1-17-8-7-9-19(12-17)16-28-24-22(25)13-20(14-23(24)27-3)15-26-18(2)21-10-5-4-6-11-21/h4-14,18,26H,15-16H2,1-3H3/t18-/m0/s1. The molecule has 0 aliphatic heterocycles. The van der Waals surface area contributed by atoms with Gasteiger partial charge in [-0.15, -0.1) is 0 Å². The fourth-order valence-electron chi connectivity index (χ4n) is 3.10. The molecule has 0 amide bonds. The van der Waals surface area contributed by atoms with Gasteiger partial charge in [-0.25, -0.2) is 0 Å². The zero-order chi connectivity index (χ0) is 19.9. The molecule has 0 heterocycles. The molecule has 0 aliphatic rings. The van der Waals surface area contributed by atoms with Crippen LogP contribution < -0.4 is 14.8 Å². The quantitative estimate of drug-likeness (QED) is 0.500. The normalized spacial score (nSPS) is 11.9. The van der Waals surface area contributed by atoms with E-state index >= 15 is 0 Å². The molecule has 146 valence electrons. The number of aryl methyl sites for hydroxylation is 1. The van der Waals surface area contributed by atoms with Gasteiger partial charge in [-0.2, -0.15) is 0 Å². The third kappa shape index (κ3) is 5.28. The highest BCUT2D eigenvalue weighted by Crippen LogP contribution is 2.37. The predicted octanol–water partition coefficient (Wildman–Crippen LogP) is 6.09. The van der Waals surface area contributed by atoms with Crippen LogP contribution in [0, 0.1) is 6.92 Å². The van der Waals surface area contributed by atoms with Gasteiger partial charge < -0.3 is 14.8 Å². The molecule has 4 heteroatoms. The van der Waals surface area contributed by atoms with Crippen LogP contribution in [0.3, 0.4) is 0 Å². The van der Waals surface area contributed by atoms with E-state index in [4.69, 9.17) is 21.1 Å². The highest BCUT2D eigenvalue weighted by molar-refractivity contribution is 6.32. The fraction of sp³-hybridized carbons (Fsp3) is 0.250. The van der Waals surface area contributed by atoms with Crippen LogP contribution in [0.25, 0.3) is 0 Å². The van der Waals surface area contributed by atoms with Crippen molar-refractivity contribution in [1.82, 2.24) is 5.32 Å². The van der Waals surface area contributed by atoms with Crippen molar-refractivity contribution < 1.29 is 9.47 Å². The van der Waals surface area contributed by atoms with Crippen LogP contribution in [0.4, 0.5) is 0 Å². The second-order valence-electron chi connectivity index (χ2n) is 6.90. The minimum atomic E-state index is 0.239. The van der Waals surface area contributed by atoms with Crippen molar-refractivity contribution in [2.45, 2.75) is 33.0 Å². The molecule has 0 radical (unpaired) electrons. The van der Waals surface area contributed by atoms with Crippen molar-refractivity contribution in [1.29, 1.82) is 0 Å². The van der Waals surface area contributed by atoms with Gasteiger partial charge >= 0.3 is 0 Å². The van der Waals surface area contributed by atoms with Crippen molar-refractivity contribution in [2.75, 3.05) is 7.11 Å².